The highest BCUT2D eigenvalue weighted by Gasteiger charge is 2.19. The van der Waals surface area contributed by atoms with E-state index < -0.39 is 17.6 Å². The number of aromatic nitrogens is 4. The van der Waals surface area contributed by atoms with Gasteiger partial charge in [0.15, 0.2) is 0 Å². The van der Waals surface area contributed by atoms with Crippen molar-refractivity contribution in [3.63, 3.8) is 0 Å². The molecular weight excluding hydrogens is 341 g/mol. The smallest absolute Gasteiger partial charge is 0.302 e. The lowest BCUT2D eigenvalue weighted by Gasteiger charge is -2.18. The van der Waals surface area contributed by atoms with E-state index in [9.17, 15) is 14.0 Å². The van der Waals surface area contributed by atoms with Gasteiger partial charge < -0.3 is 4.90 Å². The quantitative estimate of drug-likeness (QED) is 0.649. The molecule has 0 radical (unpaired) electrons. The molecule has 2 aromatic carbocycles. The number of carbonyl (C=O) groups excluding carboxylic acids is 1. The highest BCUT2D eigenvalue weighted by molar-refractivity contribution is 5.67. The van der Waals surface area contributed by atoms with Crippen molar-refractivity contribution in [2.24, 2.45) is 0 Å². The van der Waals surface area contributed by atoms with Crippen LogP contribution in [0.25, 0.3) is 5.69 Å². The van der Waals surface area contributed by atoms with Crippen LogP contribution in [-0.2, 0) is 6.54 Å². The van der Waals surface area contributed by atoms with E-state index in [0.717, 1.165) is 16.3 Å². The first-order chi connectivity index (χ1) is 12.6. The second kappa shape index (κ2) is 7.60. The molecule has 134 valence electrons. The lowest BCUT2D eigenvalue weighted by Crippen LogP contribution is -2.40. The molecule has 0 aliphatic carbocycles. The molecule has 1 amide bonds. The average molecular weight is 357 g/mol. The summed E-state index contributed by atoms with van der Waals surface area (Å²) in [7, 11) is 0. The van der Waals surface area contributed by atoms with Crippen LogP contribution in [0.15, 0.2) is 59.4 Å². The number of tetrazole rings is 1. The maximum absolute atomic E-state index is 13.3. The maximum atomic E-state index is 13.3. The Morgan fingerprint density at radius 3 is 2.62 bits per heavy atom. The molecule has 0 bridgehead atoms. The zero-order valence-electron chi connectivity index (χ0n) is 13.9. The van der Waals surface area contributed by atoms with Gasteiger partial charge in [-0.2, -0.15) is 4.68 Å². The first-order valence-corrected chi connectivity index (χ1v) is 7.90. The molecule has 26 heavy (non-hydrogen) atoms. The first-order valence-electron chi connectivity index (χ1n) is 7.90. The molecule has 0 saturated carbocycles. The van der Waals surface area contributed by atoms with Gasteiger partial charge in [-0.25, -0.2) is 14.0 Å². The van der Waals surface area contributed by atoms with Crippen LogP contribution in [0.2, 0.25) is 0 Å². The minimum Gasteiger partial charge on any atom is -0.302 e. The van der Waals surface area contributed by atoms with Crippen LogP contribution in [-0.4, -0.2) is 37.5 Å². The number of hydrogen-bond donors (Lipinski definition) is 0. The number of halogens is 1. The summed E-state index contributed by atoms with van der Waals surface area (Å²) in [6.07, 6.45) is -0.746. The number of amides is 1. The van der Waals surface area contributed by atoms with E-state index in [0.29, 0.717) is 17.9 Å². The fourth-order valence-corrected chi connectivity index (χ4v) is 2.30. The number of nitrogens with zero attached hydrogens (tertiary/aromatic N) is 5. The van der Waals surface area contributed by atoms with Crippen molar-refractivity contribution in [3.05, 3.63) is 76.5 Å². The minimum absolute atomic E-state index is 0.175. The molecule has 0 aliphatic rings. The van der Waals surface area contributed by atoms with Crippen molar-refractivity contribution < 1.29 is 14.0 Å². The van der Waals surface area contributed by atoms with Crippen molar-refractivity contribution in [1.82, 2.24) is 24.9 Å². The number of benzene rings is 2. The monoisotopic (exact) mass is 357 g/mol. The van der Waals surface area contributed by atoms with Crippen LogP contribution in [0.5, 0.6) is 0 Å². The third-order valence-electron chi connectivity index (χ3n) is 3.63. The Balaban J connectivity index is 1.76. The molecule has 1 heterocycles. The summed E-state index contributed by atoms with van der Waals surface area (Å²) in [5, 5.41) is 7.11. The Labute approximate surface area is 148 Å². The van der Waals surface area contributed by atoms with Crippen molar-refractivity contribution in [2.45, 2.75) is 13.5 Å². The molecule has 9 heteroatoms. The molecule has 0 saturated heterocycles. The minimum atomic E-state index is -0.820. The van der Waals surface area contributed by atoms with Crippen LogP contribution < -0.4 is 10.5 Å². The van der Waals surface area contributed by atoms with Gasteiger partial charge in [0.2, 0.25) is 0 Å². The second-order valence-electron chi connectivity index (χ2n) is 5.38. The summed E-state index contributed by atoms with van der Waals surface area (Å²) in [4.78, 5) is 31.5. The average Bonchev–Trinajstić information content (AvgIpc) is 3.01. The van der Waals surface area contributed by atoms with Crippen molar-refractivity contribution >= 4 is 6.09 Å². The van der Waals surface area contributed by atoms with Gasteiger partial charge in [0.25, 0.3) is 0 Å². The third-order valence-corrected chi connectivity index (χ3v) is 3.63. The van der Waals surface area contributed by atoms with Crippen molar-refractivity contribution in [3.8, 4) is 5.69 Å². The van der Waals surface area contributed by atoms with Crippen molar-refractivity contribution in [1.29, 1.82) is 0 Å². The lowest BCUT2D eigenvalue weighted by molar-refractivity contribution is 0.0717. The molecule has 3 rings (SSSR count). The Kier molecular flexibility index (Phi) is 5.07. The number of carbonyl (C=O) groups is 1. The molecule has 0 fully saturated rings. The van der Waals surface area contributed by atoms with E-state index in [-0.39, 0.29) is 5.69 Å². The van der Waals surface area contributed by atoms with Crippen LogP contribution >= 0.6 is 0 Å². The summed E-state index contributed by atoms with van der Waals surface area (Å²) in [6, 6.07) is 14.6. The molecule has 3 aromatic rings. The summed E-state index contributed by atoms with van der Waals surface area (Å²) < 4.78 is 14.1. The molecule has 8 nitrogen and oxygen atoms in total. The Morgan fingerprint density at radius 2 is 1.92 bits per heavy atom. The number of rotatable bonds is 5. The zero-order chi connectivity index (χ0) is 18.5. The fourth-order valence-electron chi connectivity index (χ4n) is 2.30. The highest BCUT2D eigenvalue weighted by Crippen LogP contribution is 2.06. The van der Waals surface area contributed by atoms with E-state index in [2.05, 4.69) is 10.4 Å². The summed E-state index contributed by atoms with van der Waals surface area (Å²) in [5.41, 5.74) is 0.274. The van der Waals surface area contributed by atoms with Crippen molar-refractivity contribution in [2.75, 3.05) is 6.54 Å². The molecule has 1 aromatic heterocycles. The third kappa shape index (κ3) is 3.77. The van der Waals surface area contributed by atoms with E-state index in [4.69, 9.17) is 4.84 Å². The van der Waals surface area contributed by atoms with Crippen LogP contribution in [0.4, 0.5) is 9.18 Å². The lowest BCUT2D eigenvalue weighted by atomic mass is 10.2. The van der Waals surface area contributed by atoms with E-state index in [1.165, 1.54) is 23.1 Å². The predicted octanol–water partition coefficient (Wildman–Crippen LogP) is 1.64. The van der Waals surface area contributed by atoms with Crippen LogP contribution in [0, 0.1) is 5.82 Å². The maximum Gasteiger partial charge on any atom is 0.436 e. The zero-order valence-corrected chi connectivity index (χ0v) is 13.9. The van der Waals surface area contributed by atoms with E-state index in [1.54, 1.807) is 6.92 Å². The molecular formula is C17H16FN5O3. The Bertz CT molecular complexity index is 954. The van der Waals surface area contributed by atoms with Gasteiger partial charge in [-0.3, -0.25) is 4.84 Å². The largest absolute Gasteiger partial charge is 0.436 e. The molecule has 0 atom stereocenters. The normalized spacial score (nSPS) is 10.5. The topological polar surface area (TPSA) is 82.2 Å². The van der Waals surface area contributed by atoms with Gasteiger partial charge in [-0.1, -0.05) is 36.4 Å². The van der Waals surface area contributed by atoms with Gasteiger partial charge in [0, 0.05) is 13.1 Å². The van der Waals surface area contributed by atoms with Gasteiger partial charge in [-0.05, 0) is 46.0 Å². The second-order valence-corrected chi connectivity index (χ2v) is 5.38. The standard InChI is InChI=1S/C17H16FN5O3/c1-2-21(12-13-7-4-3-5-8-13)17(25)26-23-16(24)22(19-20-23)15-10-6-9-14(18)11-15/h3-11H,2,12H2,1H3. The number of hydrogen-bond acceptors (Lipinski definition) is 5. The SMILES string of the molecule is CCN(Cc1ccccc1)C(=O)On1nnn(-c2cccc(F)c2)c1=O. The molecule has 0 unspecified atom stereocenters. The first kappa shape index (κ1) is 17.3. The summed E-state index contributed by atoms with van der Waals surface area (Å²) in [5.74, 6) is -0.527. The summed E-state index contributed by atoms with van der Waals surface area (Å²) in [6.45, 7) is 2.49. The van der Waals surface area contributed by atoms with E-state index in [1.807, 2.05) is 30.3 Å². The van der Waals surface area contributed by atoms with Crippen LogP contribution in [0.3, 0.4) is 0 Å². The Morgan fingerprint density at radius 1 is 1.15 bits per heavy atom. The molecule has 0 N–H and O–H groups in total. The predicted molar refractivity (Wildman–Crippen MR) is 90.1 cm³/mol. The Hall–Kier alpha value is -3.49. The molecule has 0 spiro atoms. The fraction of sp³-hybridized carbons (Fsp3) is 0.176. The highest BCUT2D eigenvalue weighted by atomic mass is 19.1. The van der Waals surface area contributed by atoms with Gasteiger partial charge in [0.05, 0.1) is 5.69 Å². The van der Waals surface area contributed by atoms with Crippen LogP contribution in [0.1, 0.15) is 12.5 Å². The van der Waals surface area contributed by atoms with Gasteiger partial charge in [0.1, 0.15) is 5.82 Å². The van der Waals surface area contributed by atoms with Gasteiger partial charge in [-0.15, -0.1) is 0 Å². The summed E-state index contributed by atoms with van der Waals surface area (Å²) >= 11 is 0. The molecule has 0 aliphatic heterocycles. The van der Waals surface area contributed by atoms with E-state index >= 15 is 0 Å². The van der Waals surface area contributed by atoms with Gasteiger partial charge >= 0.3 is 11.8 Å².